The van der Waals surface area contributed by atoms with Gasteiger partial charge >= 0.3 is 0 Å². The molecular weight excluding hydrogens is 214 g/mol. The fraction of sp³-hybridized carbons (Fsp3) is 1.00. The van der Waals surface area contributed by atoms with Crippen molar-refractivity contribution in [1.29, 1.82) is 0 Å². The second-order valence-electron chi connectivity index (χ2n) is 5.40. The van der Waals surface area contributed by atoms with E-state index >= 15 is 0 Å². The first-order valence-electron chi connectivity index (χ1n) is 7.13. The quantitative estimate of drug-likeness (QED) is 0.710. The van der Waals surface area contributed by atoms with Gasteiger partial charge in [0, 0.05) is 25.9 Å². The van der Waals surface area contributed by atoms with Gasteiger partial charge in [-0.2, -0.15) is 0 Å². The van der Waals surface area contributed by atoms with Crippen molar-refractivity contribution in [3.8, 4) is 0 Å². The summed E-state index contributed by atoms with van der Waals surface area (Å²) < 4.78 is 11.2. The van der Waals surface area contributed by atoms with Crippen LogP contribution in [-0.4, -0.2) is 39.0 Å². The third-order valence-corrected chi connectivity index (χ3v) is 3.45. The standard InChI is InChI=1S/C14H29NO2/c1-4-7-15-14(12(2)3)11-17-10-13-5-8-16-9-6-13/h12-15H,4-11H2,1-3H3. The molecule has 0 spiro atoms. The minimum Gasteiger partial charge on any atom is -0.381 e. The lowest BCUT2D eigenvalue weighted by molar-refractivity contribution is 0.0121. The van der Waals surface area contributed by atoms with E-state index in [-0.39, 0.29) is 0 Å². The van der Waals surface area contributed by atoms with Crippen LogP contribution in [0.15, 0.2) is 0 Å². The average molecular weight is 243 g/mol. The first-order chi connectivity index (χ1) is 8.24. The maximum absolute atomic E-state index is 5.88. The maximum atomic E-state index is 5.88. The van der Waals surface area contributed by atoms with Crippen LogP contribution in [0.3, 0.4) is 0 Å². The van der Waals surface area contributed by atoms with Crippen LogP contribution in [-0.2, 0) is 9.47 Å². The van der Waals surface area contributed by atoms with Crippen molar-refractivity contribution < 1.29 is 9.47 Å². The average Bonchev–Trinajstić information content (AvgIpc) is 2.34. The van der Waals surface area contributed by atoms with Gasteiger partial charge in [-0.1, -0.05) is 20.8 Å². The smallest absolute Gasteiger partial charge is 0.0622 e. The van der Waals surface area contributed by atoms with Crippen molar-refractivity contribution in [3.05, 3.63) is 0 Å². The largest absolute Gasteiger partial charge is 0.381 e. The summed E-state index contributed by atoms with van der Waals surface area (Å²) in [5, 5.41) is 3.56. The van der Waals surface area contributed by atoms with Crippen LogP contribution < -0.4 is 5.32 Å². The third kappa shape index (κ3) is 6.39. The highest BCUT2D eigenvalue weighted by Crippen LogP contribution is 2.15. The highest BCUT2D eigenvalue weighted by Gasteiger charge is 2.16. The molecular formula is C14H29NO2. The lowest BCUT2D eigenvalue weighted by atomic mass is 10.0. The molecule has 1 fully saturated rings. The molecule has 1 rings (SSSR count). The molecule has 1 aliphatic heterocycles. The Morgan fingerprint density at radius 3 is 2.59 bits per heavy atom. The SMILES string of the molecule is CCCNC(COCC1CCOCC1)C(C)C. The summed E-state index contributed by atoms with van der Waals surface area (Å²) in [5.41, 5.74) is 0. The Morgan fingerprint density at radius 1 is 1.29 bits per heavy atom. The van der Waals surface area contributed by atoms with Gasteiger partial charge in [-0.15, -0.1) is 0 Å². The van der Waals surface area contributed by atoms with E-state index < -0.39 is 0 Å². The fourth-order valence-corrected chi connectivity index (χ4v) is 2.09. The molecule has 1 N–H and O–H groups in total. The molecule has 0 aromatic heterocycles. The number of hydrogen-bond acceptors (Lipinski definition) is 3. The molecule has 1 saturated heterocycles. The van der Waals surface area contributed by atoms with Gasteiger partial charge in [0.15, 0.2) is 0 Å². The van der Waals surface area contributed by atoms with E-state index in [2.05, 4.69) is 26.1 Å². The lowest BCUT2D eigenvalue weighted by Gasteiger charge is -2.25. The number of nitrogens with one attached hydrogen (secondary N) is 1. The van der Waals surface area contributed by atoms with Crippen molar-refractivity contribution in [2.24, 2.45) is 11.8 Å². The molecule has 3 nitrogen and oxygen atoms in total. The summed E-state index contributed by atoms with van der Waals surface area (Å²) in [5.74, 6) is 1.35. The van der Waals surface area contributed by atoms with Gasteiger partial charge in [-0.05, 0) is 37.6 Å². The molecule has 1 aliphatic rings. The highest BCUT2D eigenvalue weighted by molar-refractivity contribution is 4.70. The van der Waals surface area contributed by atoms with Crippen molar-refractivity contribution in [2.75, 3.05) is 33.0 Å². The minimum atomic E-state index is 0.495. The summed E-state index contributed by atoms with van der Waals surface area (Å²) in [6.45, 7) is 11.4. The van der Waals surface area contributed by atoms with E-state index in [0.717, 1.165) is 45.8 Å². The van der Waals surface area contributed by atoms with Gasteiger partial charge in [0.25, 0.3) is 0 Å². The van der Waals surface area contributed by atoms with Crippen LogP contribution in [0.5, 0.6) is 0 Å². The van der Waals surface area contributed by atoms with Gasteiger partial charge in [0.2, 0.25) is 0 Å². The molecule has 0 aromatic carbocycles. The summed E-state index contributed by atoms with van der Waals surface area (Å²) in [7, 11) is 0. The molecule has 0 radical (unpaired) electrons. The molecule has 0 saturated carbocycles. The van der Waals surface area contributed by atoms with Crippen LogP contribution in [0.1, 0.15) is 40.0 Å². The van der Waals surface area contributed by atoms with Crippen LogP contribution in [0, 0.1) is 11.8 Å². The number of ether oxygens (including phenoxy) is 2. The van der Waals surface area contributed by atoms with Gasteiger partial charge < -0.3 is 14.8 Å². The van der Waals surface area contributed by atoms with E-state index in [0.29, 0.717) is 17.9 Å². The summed E-state index contributed by atoms with van der Waals surface area (Å²) in [4.78, 5) is 0. The highest BCUT2D eigenvalue weighted by atomic mass is 16.5. The predicted octanol–water partition coefficient (Wildman–Crippen LogP) is 2.45. The Hall–Kier alpha value is -0.120. The molecule has 0 aliphatic carbocycles. The monoisotopic (exact) mass is 243 g/mol. The zero-order valence-electron chi connectivity index (χ0n) is 11.7. The Kier molecular flexibility index (Phi) is 7.82. The Labute approximate surface area is 106 Å². The summed E-state index contributed by atoms with van der Waals surface area (Å²) in [6.07, 6.45) is 3.51. The van der Waals surface area contributed by atoms with Crippen molar-refractivity contribution in [2.45, 2.75) is 46.1 Å². The fourth-order valence-electron chi connectivity index (χ4n) is 2.09. The molecule has 1 unspecified atom stereocenters. The lowest BCUT2D eigenvalue weighted by Crippen LogP contribution is -2.39. The molecule has 0 amide bonds. The Morgan fingerprint density at radius 2 is 2.00 bits per heavy atom. The van der Waals surface area contributed by atoms with Crippen molar-refractivity contribution in [3.63, 3.8) is 0 Å². The van der Waals surface area contributed by atoms with Gasteiger partial charge in [0.05, 0.1) is 6.61 Å². The normalized spacial score (nSPS) is 19.8. The first-order valence-corrected chi connectivity index (χ1v) is 7.13. The van der Waals surface area contributed by atoms with Crippen molar-refractivity contribution in [1.82, 2.24) is 5.32 Å². The first kappa shape index (κ1) is 14.9. The van der Waals surface area contributed by atoms with E-state index in [1.54, 1.807) is 0 Å². The second kappa shape index (κ2) is 8.90. The number of rotatable bonds is 8. The minimum absolute atomic E-state index is 0.495. The topological polar surface area (TPSA) is 30.5 Å². The van der Waals surface area contributed by atoms with E-state index in [4.69, 9.17) is 9.47 Å². The molecule has 1 atom stereocenters. The van der Waals surface area contributed by atoms with Crippen LogP contribution in [0.25, 0.3) is 0 Å². The molecule has 1 heterocycles. The summed E-state index contributed by atoms with van der Waals surface area (Å²) >= 11 is 0. The molecule has 0 bridgehead atoms. The van der Waals surface area contributed by atoms with E-state index in [1.165, 1.54) is 6.42 Å². The summed E-state index contributed by atoms with van der Waals surface area (Å²) in [6, 6.07) is 0.495. The second-order valence-corrected chi connectivity index (χ2v) is 5.40. The Bertz CT molecular complexity index is 179. The Balaban J connectivity index is 2.12. The molecule has 17 heavy (non-hydrogen) atoms. The van der Waals surface area contributed by atoms with Gasteiger partial charge in [-0.25, -0.2) is 0 Å². The van der Waals surface area contributed by atoms with Crippen LogP contribution in [0.4, 0.5) is 0 Å². The zero-order valence-corrected chi connectivity index (χ0v) is 11.7. The molecule has 0 aromatic rings. The number of hydrogen-bond donors (Lipinski definition) is 1. The van der Waals surface area contributed by atoms with Crippen molar-refractivity contribution >= 4 is 0 Å². The van der Waals surface area contributed by atoms with Gasteiger partial charge in [-0.3, -0.25) is 0 Å². The maximum Gasteiger partial charge on any atom is 0.0622 e. The predicted molar refractivity (Wildman–Crippen MR) is 71.3 cm³/mol. The van der Waals surface area contributed by atoms with Crippen LogP contribution in [0.2, 0.25) is 0 Å². The van der Waals surface area contributed by atoms with Gasteiger partial charge in [0.1, 0.15) is 0 Å². The van der Waals surface area contributed by atoms with E-state index in [9.17, 15) is 0 Å². The van der Waals surface area contributed by atoms with E-state index in [1.807, 2.05) is 0 Å². The zero-order chi connectivity index (χ0) is 12.5. The molecule has 102 valence electrons. The third-order valence-electron chi connectivity index (χ3n) is 3.45. The van der Waals surface area contributed by atoms with Crippen LogP contribution >= 0.6 is 0 Å². The molecule has 3 heteroatoms.